The van der Waals surface area contributed by atoms with E-state index in [1.54, 1.807) is 31.3 Å². The van der Waals surface area contributed by atoms with Crippen LogP contribution in [0.1, 0.15) is 21.6 Å². The van der Waals surface area contributed by atoms with Gasteiger partial charge in [-0.25, -0.2) is 13.8 Å². The van der Waals surface area contributed by atoms with E-state index in [0.29, 0.717) is 22.6 Å². The van der Waals surface area contributed by atoms with Crippen LogP contribution < -0.4 is 9.80 Å². The normalized spacial score (nSPS) is 13.0. The summed E-state index contributed by atoms with van der Waals surface area (Å²) in [5.41, 5.74) is 2.98. The fourth-order valence-electron chi connectivity index (χ4n) is 3.76. The Labute approximate surface area is 173 Å². The highest BCUT2D eigenvalue weighted by atomic mass is 19.3. The van der Waals surface area contributed by atoms with Crippen LogP contribution in [0.15, 0.2) is 48.8 Å². The van der Waals surface area contributed by atoms with Crippen molar-refractivity contribution in [1.29, 1.82) is 0 Å². The summed E-state index contributed by atoms with van der Waals surface area (Å²) < 4.78 is 27.1. The number of fused-ring (bicyclic) bond motifs is 1. The summed E-state index contributed by atoms with van der Waals surface area (Å²) in [6.45, 7) is 2.04. The number of carbonyl (C=O) groups is 1. The highest BCUT2D eigenvalue weighted by molar-refractivity contribution is 6.11. The number of benzene rings is 1. The zero-order valence-electron chi connectivity index (χ0n) is 16.7. The van der Waals surface area contributed by atoms with E-state index in [9.17, 15) is 18.7 Å². The van der Waals surface area contributed by atoms with Crippen molar-refractivity contribution in [2.75, 3.05) is 23.4 Å². The van der Waals surface area contributed by atoms with Crippen molar-refractivity contribution in [1.82, 2.24) is 9.55 Å². The summed E-state index contributed by atoms with van der Waals surface area (Å²) >= 11 is 0. The van der Waals surface area contributed by atoms with E-state index in [2.05, 4.69) is 9.88 Å². The molecule has 0 aliphatic carbocycles. The molecule has 1 N–H and O–H groups in total. The topological polar surface area (TPSA) is 61.6 Å². The molecule has 156 valence electrons. The van der Waals surface area contributed by atoms with Gasteiger partial charge in [0.1, 0.15) is 11.6 Å². The Morgan fingerprint density at radius 3 is 2.67 bits per heavy atom. The van der Waals surface area contributed by atoms with Crippen LogP contribution >= 0.6 is 0 Å². The van der Waals surface area contributed by atoms with Crippen LogP contribution in [0.4, 0.5) is 26.0 Å². The third kappa shape index (κ3) is 3.60. The highest BCUT2D eigenvalue weighted by Gasteiger charge is 2.26. The number of halogens is 2. The second-order valence-electron chi connectivity index (χ2n) is 7.36. The number of aromatic nitrogens is 2. The lowest BCUT2D eigenvalue weighted by Crippen LogP contribution is -2.27. The molecule has 0 bridgehead atoms. The number of phenols is 1. The minimum Gasteiger partial charge on any atom is -0.508 e. The average molecular weight is 412 g/mol. The molecule has 0 saturated heterocycles. The first-order chi connectivity index (χ1) is 14.3. The summed E-state index contributed by atoms with van der Waals surface area (Å²) in [7, 11) is 1.97. The number of nitrogens with zero attached hydrogens (tertiary/aromatic N) is 4. The van der Waals surface area contributed by atoms with Gasteiger partial charge >= 0.3 is 0 Å². The van der Waals surface area contributed by atoms with Crippen LogP contribution in [0, 0.1) is 6.92 Å². The molecule has 0 atom stereocenters. The maximum atomic E-state index is 13.5. The van der Waals surface area contributed by atoms with Gasteiger partial charge in [0.2, 0.25) is 0 Å². The number of aromatic hydroxyl groups is 1. The number of amides is 1. The lowest BCUT2D eigenvalue weighted by Gasteiger charge is -2.24. The summed E-state index contributed by atoms with van der Waals surface area (Å²) in [5, 5.41) is 9.66. The third-order valence-corrected chi connectivity index (χ3v) is 5.38. The van der Waals surface area contributed by atoms with E-state index in [1.807, 2.05) is 13.1 Å². The zero-order chi connectivity index (χ0) is 21.4. The lowest BCUT2D eigenvalue weighted by molar-refractivity contribution is 0.0996. The van der Waals surface area contributed by atoms with Crippen molar-refractivity contribution in [2.24, 2.45) is 0 Å². The number of carbonyl (C=O) groups excluding carboxylic acids is 1. The van der Waals surface area contributed by atoms with Gasteiger partial charge in [-0.15, -0.1) is 0 Å². The third-order valence-electron chi connectivity index (χ3n) is 5.38. The Morgan fingerprint density at radius 2 is 1.97 bits per heavy atom. The van der Waals surface area contributed by atoms with Gasteiger partial charge in [0.15, 0.2) is 0 Å². The number of rotatable bonds is 5. The number of alkyl halides is 2. The number of phenolic OH excluding ortho intramolecular Hbond substituents is 1. The SMILES string of the molecule is Cc1c(C(=O)N(c2ccc(O)cc2)c2cnc3c(c2)CCN3C)ccn1CC(F)F. The van der Waals surface area contributed by atoms with E-state index in [0.717, 1.165) is 24.3 Å². The molecule has 1 aromatic carbocycles. The van der Waals surface area contributed by atoms with Crippen molar-refractivity contribution in [2.45, 2.75) is 26.3 Å². The average Bonchev–Trinajstić information content (AvgIpc) is 3.26. The molecule has 0 spiro atoms. The first kappa shape index (κ1) is 19.9. The van der Waals surface area contributed by atoms with Gasteiger partial charge in [-0.1, -0.05) is 0 Å². The molecule has 30 heavy (non-hydrogen) atoms. The molecule has 2 aromatic heterocycles. The van der Waals surface area contributed by atoms with Gasteiger partial charge in [-0.2, -0.15) is 0 Å². The maximum absolute atomic E-state index is 13.5. The molecule has 1 amide bonds. The fourth-order valence-corrected chi connectivity index (χ4v) is 3.76. The minimum absolute atomic E-state index is 0.0825. The molecule has 8 heteroatoms. The second kappa shape index (κ2) is 7.78. The highest BCUT2D eigenvalue weighted by Crippen LogP contribution is 2.34. The van der Waals surface area contributed by atoms with Crippen molar-refractivity contribution in [3.05, 3.63) is 65.6 Å². The number of anilines is 3. The molecule has 1 aliphatic rings. The molecule has 6 nitrogen and oxygen atoms in total. The van der Waals surface area contributed by atoms with Crippen LogP contribution in [0.25, 0.3) is 0 Å². The Bertz CT molecular complexity index is 1080. The van der Waals surface area contributed by atoms with E-state index in [1.165, 1.54) is 27.8 Å². The molecule has 0 fully saturated rings. The van der Waals surface area contributed by atoms with Crippen molar-refractivity contribution in [3.63, 3.8) is 0 Å². The molecule has 0 unspecified atom stereocenters. The Balaban J connectivity index is 1.78. The molecule has 3 heterocycles. The maximum Gasteiger partial charge on any atom is 0.264 e. The minimum atomic E-state index is -2.51. The molecule has 0 saturated carbocycles. The molecule has 1 aliphatic heterocycles. The fraction of sp³-hybridized carbons (Fsp3) is 0.273. The second-order valence-corrected chi connectivity index (χ2v) is 7.36. The van der Waals surface area contributed by atoms with Gasteiger partial charge in [0.25, 0.3) is 12.3 Å². The van der Waals surface area contributed by atoms with Gasteiger partial charge < -0.3 is 14.6 Å². The quantitative estimate of drug-likeness (QED) is 0.685. The molecule has 4 rings (SSSR count). The first-order valence-corrected chi connectivity index (χ1v) is 9.62. The largest absolute Gasteiger partial charge is 0.508 e. The van der Waals surface area contributed by atoms with E-state index >= 15 is 0 Å². The van der Waals surface area contributed by atoms with E-state index < -0.39 is 13.0 Å². The van der Waals surface area contributed by atoms with E-state index in [-0.39, 0.29) is 11.7 Å². The number of likely N-dealkylation sites (N-methyl/N-ethyl adjacent to an activating group) is 1. The molecule has 0 radical (unpaired) electrons. The van der Waals surface area contributed by atoms with Crippen LogP contribution in [0.3, 0.4) is 0 Å². The van der Waals surface area contributed by atoms with Crippen LogP contribution in [-0.2, 0) is 13.0 Å². The Hall–Kier alpha value is -3.42. The lowest BCUT2D eigenvalue weighted by atomic mass is 10.1. The summed E-state index contributed by atoms with van der Waals surface area (Å²) in [5.74, 6) is 0.620. The number of pyridine rings is 1. The van der Waals surface area contributed by atoms with Crippen molar-refractivity contribution in [3.8, 4) is 5.75 Å². The van der Waals surface area contributed by atoms with Crippen LogP contribution in [0.5, 0.6) is 5.75 Å². The Morgan fingerprint density at radius 1 is 1.23 bits per heavy atom. The van der Waals surface area contributed by atoms with Crippen LogP contribution in [0.2, 0.25) is 0 Å². The first-order valence-electron chi connectivity index (χ1n) is 9.62. The standard InChI is InChI=1S/C22H22F2N4O2/c1-14-19(8-10-27(14)13-20(23)24)22(30)28(16-3-5-18(29)6-4-16)17-11-15-7-9-26(2)21(15)25-12-17/h3-6,8,10-12,20,29H,7,9,13H2,1-2H3. The monoisotopic (exact) mass is 412 g/mol. The summed E-state index contributed by atoms with van der Waals surface area (Å²) in [6.07, 6.45) is 1.45. The zero-order valence-corrected chi connectivity index (χ0v) is 16.7. The van der Waals surface area contributed by atoms with E-state index in [4.69, 9.17) is 0 Å². The van der Waals surface area contributed by atoms with Crippen LogP contribution in [-0.4, -0.2) is 40.6 Å². The Kier molecular flexibility index (Phi) is 5.15. The van der Waals surface area contributed by atoms with Crippen molar-refractivity contribution >= 4 is 23.1 Å². The summed E-state index contributed by atoms with van der Waals surface area (Å²) in [6, 6.07) is 9.76. The summed E-state index contributed by atoms with van der Waals surface area (Å²) in [4.78, 5) is 21.6. The van der Waals surface area contributed by atoms with Gasteiger partial charge in [-0.05, 0) is 55.3 Å². The predicted molar refractivity (Wildman–Crippen MR) is 111 cm³/mol. The molecular weight excluding hydrogens is 390 g/mol. The van der Waals surface area contributed by atoms with Gasteiger partial charge in [-0.3, -0.25) is 9.69 Å². The van der Waals surface area contributed by atoms with Gasteiger partial charge in [0, 0.05) is 31.2 Å². The number of hydrogen-bond donors (Lipinski definition) is 1. The number of hydrogen-bond acceptors (Lipinski definition) is 4. The molecule has 3 aromatic rings. The molecular formula is C22H22F2N4O2. The van der Waals surface area contributed by atoms with Crippen molar-refractivity contribution < 1.29 is 18.7 Å². The predicted octanol–water partition coefficient (Wildman–Crippen LogP) is 4.13. The smallest absolute Gasteiger partial charge is 0.264 e. The van der Waals surface area contributed by atoms with Gasteiger partial charge in [0.05, 0.1) is 24.0 Å².